The van der Waals surface area contributed by atoms with Gasteiger partial charge in [0.25, 0.3) is 0 Å². The van der Waals surface area contributed by atoms with Crippen LogP contribution < -0.4 is 10.6 Å². The van der Waals surface area contributed by atoms with Crippen molar-refractivity contribution in [3.63, 3.8) is 0 Å². The van der Waals surface area contributed by atoms with Gasteiger partial charge in [-0.2, -0.15) is 0 Å². The van der Waals surface area contributed by atoms with E-state index in [2.05, 4.69) is 15.5 Å². The Morgan fingerprint density at radius 3 is 2.65 bits per heavy atom. The minimum atomic E-state index is -1.02. The molecule has 3 N–H and O–H groups in total. The maximum Gasteiger partial charge on any atom is 0.335 e. The fourth-order valence-electron chi connectivity index (χ4n) is 1.66. The quantitative estimate of drug-likeness (QED) is 0.665. The van der Waals surface area contributed by atoms with Crippen LogP contribution in [0.25, 0.3) is 0 Å². The molecule has 0 aliphatic heterocycles. The number of urea groups is 1. The highest BCUT2D eigenvalue weighted by Gasteiger charge is 2.05. The molecule has 6 heteroatoms. The average Bonchev–Trinajstić information content (AvgIpc) is 2.38. The van der Waals surface area contributed by atoms with Crippen LogP contribution >= 0.6 is 0 Å². The maximum absolute atomic E-state index is 11.6. The molecule has 2 amide bonds. The summed E-state index contributed by atoms with van der Waals surface area (Å²) in [7, 11) is 4.02. The lowest BCUT2D eigenvalue weighted by Gasteiger charge is -2.10. The lowest BCUT2D eigenvalue weighted by molar-refractivity contribution is 0.0697. The summed E-state index contributed by atoms with van der Waals surface area (Å²) < 4.78 is 0. The number of carboxylic acids is 1. The van der Waals surface area contributed by atoms with Gasteiger partial charge in [0, 0.05) is 12.2 Å². The predicted octanol–water partition coefficient (Wildman–Crippen LogP) is 1.85. The Morgan fingerprint density at radius 1 is 1.25 bits per heavy atom. The number of aromatic carboxylic acids is 1. The number of rotatable bonds is 7. The second-order valence-electron chi connectivity index (χ2n) is 4.78. The zero-order valence-corrected chi connectivity index (χ0v) is 11.8. The van der Waals surface area contributed by atoms with Crippen molar-refractivity contribution >= 4 is 17.7 Å². The molecule has 0 saturated heterocycles. The molecule has 0 radical (unpaired) electrons. The van der Waals surface area contributed by atoms with Crippen LogP contribution in [0.1, 0.15) is 23.2 Å². The fraction of sp³-hybridized carbons (Fsp3) is 0.429. The van der Waals surface area contributed by atoms with Gasteiger partial charge < -0.3 is 20.6 Å². The van der Waals surface area contributed by atoms with E-state index < -0.39 is 5.97 Å². The third-order valence-electron chi connectivity index (χ3n) is 2.69. The number of hydrogen-bond donors (Lipinski definition) is 3. The van der Waals surface area contributed by atoms with Gasteiger partial charge in [0.2, 0.25) is 0 Å². The summed E-state index contributed by atoms with van der Waals surface area (Å²) in [6.07, 6.45) is 1.92. The summed E-state index contributed by atoms with van der Waals surface area (Å²) >= 11 is 0. The molecule has 0 aliphatic carbocycles. The highest BCUT2D eigenvalue weighted by Crippen LogP contribution is 2.10. The Morgan fingerprint density at radius 2 is 2.00 bits per heavy atom. The monoisotopic (exact) mass is 279 g/mol. The van der Waals surface area contributed by atoms with Gasteiger partial charge in [-0.05, 0) is 51.7 Å². The van der Waals surface area contributed by atoms with E-state index in [0.717, 1.165) is 19.4 Å². The van der Waals surface area contributed by atoms with Gasteiger partial charge >= 0.3 is 12.0 Å². The number of hydrogen-bond acceptors (Lipinski definition) is 3. The van der Waals surface area contributed by atoms with Crippen LogP contribution in [0, 0.1) is 0 Å². The molecule has 20 heavy (non-hydrogen) atoms. The standard InChI is InChI=1S/C14H21N3O3/c1-17(2)9-4-3-8-15-14(20)16-12-7-5-6-11(10-12)13(18)19/h5-7,10H,3-4,8-9H2,1-2H3,(H,18,19)(H2,15,16,20). The van der Waals surface area contributed by atoms with E-state index in [1.807, 2.05) is 14.1 Å². The van der Waals surface area contributed by atoms with Crippen molar-refractivity contribution in [2.45, 2.75) is 12.8 Å². The van der Waals surface area contributed by atoms with E-state index in [9.17, 15) is 9.59 Å². The molecule has 1 rings (SSSR count). The Hall–Kier alpha value is -2.08. The van der Waals surface area contributed by atoms with E-state index >= 15 is 0 Å². The number of anilines is 1. The number of amides is 2. The third kappa shape index (κ3) is 6.19. The number of unbranched alkanes of at least 4 members (excludes halogenated alkanes) is 1. The number of carboxylic acid groups (broad SMARTS) is 1. The molecule has 1 aromatic rings. The maximum atomic E-state index is 11.6. The molecular formula is C14H21N3O3. The molecule has 110 valence electrons. The van der Waals surface area contributed by atoms with Crippen LogP contribution in [0.5, 0.6) is 0 Å². The first-order valence-corrected chi connectivity index (χ1v) is 6.52. The average molecular weight is 279 g/mol. The third-order valence-corrected chi connectivity index (χ3v) is 2.69. The molecule has 0 unspecified atom stereocenters. The van der Waals surface area contributed by atoms with Crippen LogP contribution in [-0.2, 0) is 0 Å². The second-order valence-corrected chi connectivity index (χ2v) is 4.78. The van der Waals surface area contributed by atoms with E-state index in [4.69, 9.17) is 5.11 Å². The summed E-state index contributed by atoms with van der Waals surface area (Å²) in [5.41, 5.74) is 0.615. The molecule has 6 nitrogen and oxygen atoms in total. The first-order chi connectivity index (χ1) is 9.49. The molecule has 0 bridgehead atoms. The summed E-state index contributed by atoms with van der Waals surface area (Å²) in [6.45, 7) is 1.59. The Balaban J connectivity index is 2.32. The van der Waals surface area contributed by atoms with Crippen LogP contribution in [0.3, 0.4) is 0 Å². The molecule has 0 saturated carbocycles. The number of carbonyl (C=O) groups is 2. The van der Waals surface area contributed by atoms with Crippen molar-refractivity contribution in [3.05, 3.63) is 29.8 Å². The van der Waals surface area contributed by atoms with Gasteiger partial charge in [-0.15, -0.1) is 0 Å². The summed E-state index contributed by atoms with van der Waals surface area (Å²) in [5, 5.41) is 14.2. The Labute approximate surface area is 118 Å². The number of carbonyl (C=O) groups excluding carboxylic acids is 1. The van der Waals surface area contributed by atoms with E-state index in [1.54, 1.807) is 12.1 Å². The fourth-order valence-corrected chi connectivity index (χ4v) is 1.66. The molecule has 0 aliphatic rings. The van der Waals surface area contributed by atoms with Crippen molar-refractivity contribution in [3.8, 4) is 0 Å². The second kappa shape index (κ2) is 8.16. The largest absolute Gasteiger partial charge is 0.478 e. The molecule has 0 spiro atoms. The summed E-state index contributed by atoms with van der Waals surface area (Å²) in [4.78, 5) is 24.5. The normalized spacial score (nSPS) is 10.3. The van der Waals surface area contributed by atoms with Crippen molar-refractivity contribution in [1.82, 2.24) is 10.2 Å². The van der Waals surface area contributed by atoms with E-state index in [-0.39, 0.29) is 11.6 Å². The van der Waals surface area contributed by atoms with Crippen molar-refractivity contribution in [2.24, 2.45) is 0 Å². The molecule has 0 heterocycles. The molecular weight excluding hydrogens is 258 g/mol. The topological polar surface area (TPSA) is 81.7 Å². The summed E-state index contributed by atoms with van der Waals surface area (Å²) in [5.74, 6) is -1.02. The molecule has 1 aromatic carbocycles. The van der Waals surface area contributed by atoms with Crippen LogP contribution in [0.2, 0.25) is 0 Å². The lowest BCUT2D eigenvalue weighted by Crippen LogP contribution is -2.30. The molecule has 0 atom stereocenters. The van der Waals surface area contributed by atoms with Crippen molar-refractivity contribution < 1.29 is 14.7 Å². The minimum absolute atomic E-state index is 0.147. The van der Waals surface area contributed by atoms with Crippen molar-refractivity contribution in [1.29, 1.82) is 0 Å². The predicted molar refractivity (Wildman–Crippen MR) is 78.2 cm³/mol. The highest BCUT2D eigenvalue weighted by molar-refractivity contribution is 5.93. The van der Waals surface area contributed by atoms with Gasteiger partial charge in [0.1, 0.15) is 0 Å². The van der Waals surface area contributed by atoms with Gasteiger partial charge in [-0.1, -0.05) is 6.07 Å². The zero-order valence-electron chi connectivity index (χ0n) is 11.8. The first kappa shape index (κ1) is 16.0. The number of benzene rings is 1. The van der Waals surface area contributed by atoms with Gasteiger partial charge in [0.15, 0.2) is 0 Å². The van der Waals surface area contributed by atoms with Crippen LogP contribution in [0.4, 0.5) is 10.5 Å². The minimum Gasteiger partial charge on any atom is -0.478 e. The highest BCUT2D eigenvalue weighted by atomic mass is 16.4. The van der Waals surface area contributed by atoms with Gasteiger partial charge in [-0.3, -0.25) is 0 Å². The first-order valence-electron chi connectivity index (χ1n) is 6.52. The number of nitrogens with one attached hydrogen (secondary N) is 2. The van der Waals surface area contributed by atoms with E-state index in [0.29, 0.717) is 12.2 Å². The van der Waals surface area contributed by atoms with Crippen molar-refractivity contribution in [2.75, 3.05) is 32.5 Å². The van der Waals surface area contributed by atoms with E-state index in [1.165, 1.54) is 12.1 Å². The Kier molecular flexibility index (Phi) is 6.52. The number of nitrogens with zero attached hydrogens (tertiary/aromatic N) is 1. The molecule has 0 aromatic heterocycles. The van der Waals surface area contributed by atoms with Crippen LogP contribution in [-0.4, -0.2) is 49.2 Å². The zero-order chi connectivity index (χ0) is 15.0. The molecule has 0 fully saturated rings. The van der Waals surface area contributed by atoms with Crippen LogP contribution in [0.15, 0.2) is 24.3 Å². The summed E-state index contributed by atoms with van der Waals surface area (Å²) in [6, 6.07) is 5.83. The van der Waals surface area contributed by atoms with Gasteiger partial charge in [-0.25, -0.2) is 9.59 Å². The Bertz CT molecular complexity index is 461. The lowest BCUT2D eigenvalue weighted by atomic mass is 10.2. The SMILES string of the molecule is CN(C)CCCCNC(=O)Nc1cccc(C(=O)O)c1. The smallest absolute Gasteiger partial charge is 0.335 e. The van der Waals surface area contributed by atoms with Gasteiger partial charge in [0.05, 0.1) is 5.56 Å².